The summed E-state index contributed by atoms with van der Waals surface area (Å²) in [6.45, 7) is 5.83. The van der Waals surface area contributed by atoms with Gasteiger partial charge in [-0.2, -0.15) is 0 Å². The number of alkyl carbamates (subject to hydrolysis) is 1. The molecule has 0 aliphatic carbocycles. The summed E-state index contributed by atoms with van der Waals surface area (Å²) in [5.74, 6) is 0.498. The molecule has 0 radical (unpaired) electrons. The van der Waals surface area contributed by atoms with Gasteiger partial charge in [0.2, 0.25) is 11.8 Å². The number of imidazole rings is 2. The molecule has 0 bridgehead atoms. The Kier molecular flexibility index (Phi) is 13.3. The van der Waals surface area contributed by atoms with Gasteiger partial charge in [-0.15, -0.1) is 0 Å². The maximum absolute atomic E-state index is 13.7. The average Bonchev–Trinajstić information content (AvgIpc) is 4.00. The molecule has 61 heavy (non-hydrogen) atoms. The van der Waals surface area contributed by atoms with E-state index in [0.29, 0.717) is 63.8 Å². The standard InChI is InChI=1S/C45H54N8O8/c1-26(52(3)42(54)38(50-44(56)57)30-14-18-60-19-15-30)40-46-24-36(48-40)29-8-6-28(7-9-29)32-10-11-34-23-35(13-12-33(34)22-32)37-25-47-41(49-37)27(2)53(4)43(55)39(51-45(58)59-5)31-16-20-61-21-17-31/h6-13,22-27,30-31,38-39,50H,14-21H2,1-5H3,(H,46,48)(H,47,49)(H,51,58)(H,56,57)/t26-,27-,38-,39-/m0/s1. The lowest BCUT2D eigenvalue weighted by atomic mass is 9.90. The van der Waals surface area contributed by atoms with Gasteiger partial charge in [0.05, 0.1) is 30.6 Å². The van der Waals surface area contributed by atoms with Crippen molar-refractivity contribution >= 4 is 34.8 Å². The second kappa shape index (κ2) is 19.0. The van der Waals surface area contributed by atoms with Gasteiger partial charge in [-0.25, -0.2) is 19.6 Å². The molecule has 4 atom stereocenters. The molecule has 7 rings (SSSR count). The Morgan fingerprint density at radius 2 is 1.10 bits per heavy atom. The molecular weight excluding hydrogens is 781 g/mol. The molecule has 4 amide bonds. The summed E-state index contributed by atoms with van der Waals surface area (Å²) in [7, 11) is 4.67. The fourth-order valence-corrected chi connectivity index (χ4v) is 8.18. The predicted molar refractivity (Wildman–Crippen MR) is 228 cm³/mol. The first-order chi connectivity index (χ1) is 29.4. The Morgan fingerprint density at radius 3 is 1.59 bits per heavy atom. The molecule has 2 aliphatic heterocycles. The Labute approximate surface area is 354 Å². The number of H-pyrrole nitrogens is 2. The molecule has 322 valence electrons. The van der Waals surface area contributed by atoms with Gasteiger partial charge in [0, 0.05) is 64.0 Å². The summed E-state index contributed by atoms with van der Waals surface area (Å²) < 4.78 is 15.7. The molecular formula is C45H54N8O8. The van der Waals surface area contributed by atoms with E-state index in [9.17, 15) is 24.3 Å². The molecule has 0 unspecified atom stereocenters. The van der Waals surface area contributed by atoms with Crippen LogP contribution in [0.15, 0.2) is 73.1 Å². The van der Waals surface area contributed by atoms with Crippen molar-refractivity contribution in [3.05, 3.63) is 84.7 Å². The Hall–Kier alpha value is -6.26. The number of hydrogen-bond donors (Lipinski definition) is 5. The number of likely N-dealkylation sites (N-methyl/N-ethyl adjacent to an activating group) is 2. The van der Waals surface area contributed by atoms with Crippen LogP contribution in [0.1, 0.15) is 63.3 Å². The minimum absolute atomic E-state index is 0.0624. The van der Waals surface area contributed by atoms with Crippen LogP contribution in [0.2, 0.25) is 0 Å². The van der Waals surface area contributed by atoms with Gasteiger partial charge in [0.15, 0.2) is 0 Å². The summed E-state index contributed by atoms with van der Waals surface area (Å²) in [5, 5.41) is 16.8. The van der Waals surface area contributed by atoms with Gasteiger partial charge in [-0.05, 0) is 85.4 Å². The monoisotopic (exact) mass is 834 g/mol. The highest BCUT2D eigenvalue weighted by Gasteiger charge is 2.37. The third-order valence-electron chi connectivity index (χ3n) is 12.2. The molecule has 3 aromatic carbocycles. The second-order valence-electron chi connectivity index (χ2n) is 15.9. The Balaban J connectivity index is 0.999. The number of benzene rings is 3. The number of aromatic nitrogens is 4. The van der Waals surface area contributed by atoms with Crippen LogP contribution in [0.25, 0.3) is 44.4 Å². The molecule has 5 aromatic rings. The number of amides is 4. The lowest BCUT2D eigenvalue weighted by Gasteiger charge is -2.34. The molecule has 0 spiro atoms. The molecule has 16 nitrogen and oxygen atoms in total. The Bertz CT molecular complexity index is 2330. The lowest BCUT2D eigenvalue weighted by Crippen LogP contribution is -2.52. The molecule has 2 aromatic heterocycles. The van der Waals surface area contributed by atoms with Crippen LogP contribution in [0.4, 0.5) is 9.59 Å². The van der Waals surface area contributed by atoms with Gasteiger partial charge in [0.25, 0.3) is 0 Å². The minimum Gasteiger partial charge on any atom is -0.465 e. The van der Waals surface area contributed by atoms with Gasteiger partial charge in [0.1, 0.15) is 23.7 Å². The van der Waals surface area contributed by atoms with E-state index in [0.717, 1.165) is 44.4 Å². The van der Waals surface area contributed by atoms with E-state index >= 15 is 0 Å². The van der Waals surface area contributed by atoms with E-state index in [-0.39, 0.29) is 23.7 Å². The first kappa shape index (κ1) is 42.8. The number of rotatable bonds is 13. The van der Waals surface area contributed by atoms with Gasteiger partial charge < -0.3 is 49.7 Å². The molecule has 5 N–H and O–H groups in total. The van der Waals surface area contributed by atoms with Gasteiger partial charge in [-0.3, -0.25) is 9.59 Å². The van der Waals surface area contributed by atoms with E-state index in [4.69, 9.17) is 24.2 Å². The van der Waals surface area contributed by atoms with Crippen molar-refractivity contribution in [1.82, 2.24) is 40.4 Å². The predicted octanol–water partition coefficient (Wildman–Crippen LogP) is 6.54. The second-order valence-corrected chi connectivity index (χ2v) is 15.9. The number of carboxylic acid groups (broad SMARTS) is 1. The molecule has 4 heterocycles. The highest BCUT2D eigenvalue weighted by atomic mass is 16.5. The number of carbonyl (C=O) groups excluding carboxylic acids is 3. The molecule has 2 aliphatic rings. The molecule has 2 fully saturated rings. The SMILES string of the molecule is COC(=O)N[C@H](C(=O)N(C)[C@@H](C)c1nc(-c2ccc3cc(-c4ccc(-c5c[nH]c([C@H](C)N(C)C(=O)[C@@H](NC(=O)O)C6CCOCC6)n5)cc4)ccc3c2)c[nH]1)C1CCOCC1. The summed E-state index contributed by atoms with van der Waals surface area (Å²) in [4.78, 5) is 70.3. The fraction of sp³-hybridized carbons (Fsp3) is 0.422. The number of ether oxygens (including phenoxy) is 3. The van der Waals surface area contributed by atoms with Crippen LogP contribution in [-0.2, 0) is 23.8 Å². The van der Waals surface area contributed by atoms with E-state index in [1.54, 1.807) is 23.9 Å². The third-order valence-corrected chi connectivity index (χ3v) is 12.2. The van der Waals surface area contributed by atoms with Crippen molar-refractivity contribution in [2.24, 2.45) is 11.8 Å². The molecule has 0 saturated carbocycles. The van der Waals surface area contributed by atoms with Crippen molar-refractivity contribution in [2.45, 2.75) is 63.7 Å². The summed E-state index contributed by atoms with van der Waals surface area (Å²) in [6.07, 6.45) is 4.33. The van der Waals surface area contributed by atoms with Crippen LogP contribution in [-0.4, -0.2) is 119 Å². The maximum Gasteiger partial charge on any atom is 0.407 e. The van der Waals surface area contributed by atoms with Crippen LogP contribution in [0.3, 0.4) is 0 Å². The van der Waals surface area contributed by atoms with E-state index in [2.05, 4.69) is 63.1 Å². The maximum atomic E-state index is 13.7. The van der Waals surface area contributed by atoms with Crippen LogP contribution < -0.4 is 10.6 Å². The van der Waals surface area contributed by atoms with Crippen molar-refractivity contribution in [1.29, 1.82) is 0 Å². The fourth-order valence-electron chi connectivity index (χ4n) is 8.18. The summed E-state index contributed by atoms with van der Waals surface area (Å²) in [5.41, 5.74) is 5.42. The van der Waals surface area contributed by atoms with Crippen molar-refractivity contribution in [2.75, 3.05) is 47.6 Å². The zero-order valence-corrected chi connectivity index (χ0v) is 35.1. The number of methoxy groups -OCH3 is 1. The topological polar surface area (TPSA) is 204 Å². The van der Waals surface area contributed by atoms with Gasteiger partial charge in [-0.1, -0.05) is 48.5 Å². The average molecular weight is 835 g/mol. The largest absolute Gasteiger partial charge is 0.465 e. The van der Waals surface area contributed by atoms with Gasteiger partial charge >= 0.3 is 12.2 Å². The van der Waals surface area contributed by atoms with Crippen molar-refractivity contribution in [3.63, 3.8) is 0 Å². The van der Waals surface area contributed by atoms with Crippen molar-refractivity contribution in [3.8, 4) is 33.6 Å². The number of hydrogen-bond acceptors (Lipinski definition) is 9. The van der Waals surface area contributed by atoms with E-state index < -0.39 is 36.4 Å². The van der Waals surface area contributed by atoms with Crippen molar-refractivity contribution < 1.29 is 38.5 Å². The molecule has 2 saturated heterocycles. The summed E-state index contributed by atoms with van der Waals surface area (Å²) in [6, 6.07) is 18.3. The third kappa shape index (κ3) is 9.71. The highest BCUT2D eigenvalue weighted by molar-refractivity contribution is 5.91. The zero-order chi connectivity index (χ0) is 43.2. The minimum atomic E-state index is -1.23. The zero-order valence-electron chi connectivity index (χ0n) is 35.1. The highest BCUT2D eigenvalue weighted by Crippen LogP contribution is 2.32. The number of fused-ring (bicyclic) bond motifs is 1. The first-order valence-corrected chi connectivity index (χ1v) is 20.7. The normalized spacial score (nSPS) is 16.9. The molecule has 16 heteroatoms. The lowest BCUT2D eigenvalue weighted by molar-refractivity contribution is -0.137. The van der Waals surface area contributed by atoms with E-state index in [1.807, 2.05) is 44.4 Å². The number of nitrogens with one attached hydrogen (secondary N) is 4. The van der Waals surface area contributed by atoms with Crippen LogP contribution in [0, 0.1) is 11.8 Å². The number of aromatic amines is 2. The van der Waals surface area contributed by atoms with Crippen LogP contribution >= 0.6 is 0 Å². The van der Waals surface area contributed by atoms with Crippen LogP contribution in [0.5, 0.6) is 0 Å². The quantitative estimate of drug-likeness (QED) is 0.0867. The number of nitrogens with zero attached hydrogens (tertiary/aromatic N) is 4. The number of carbonyl (C=O) groups is 4. The first-order valence-electron chi connectivity index (χ1n) is 20.7. The Morgan fingerprint density at radius 1 is 0.672 bits per heavy atom. The summed E-state index contributed by atoms with van der Waals surface area (Å²) >= 11 is 0. The smallest absolute Gasteiger partial charge is 0.407 e. The van der Waals surface area contributed by atoms with E-state index in [1.165, 1.54) is 7.11 Å².